The molecule has 8 nitrogen and oxygen atoms in total. The van der Waals surface area contributed by atoms with Crippen molar-refractivity contribution < 1.29 is 9.53 Å². The number of halogens is 1. The van der Waals surface area contributed by atoms with Crippen LogP contribution in [0, 0.1) is 3.70 Å². The van der Waals surface area contributed by atoms with Gasteiger partial charge in [-0.25, -0.2) is 19.4 Å². The van der Waals surface area contributed by atoms with Crippen LogP contribution < -0.4 is 5.73 Å². The SMILES string of the molecule is CC(C)(C)OC(=O)N1CCC[C@@H]1Cn1nc(I)c2c(N)ncnc21. The third kappa shape index (κ3) is 3.40. The number of fused-ring (bicyclic) bond motifs is 1. The first-order valence-corrected chi connectivity index (χ1v) is 8.96. The van der Waals surface area contributed by atoms with Gasteiger partial charge in [-0.15, -0.1) is 0 Å². The number of hydrogen-bond donors (Lipinski definition) is 1. The van der Waals surface area contributed by atoms with Crippen molar-refractivity contribution in [2.24, 2.45) is 0 Å². The van der Waals surface area contributed by atoms with Gasteiger partial charge >= 0.3 is 6.09 Å². The van der Waals surface area contributed by atoms with Crippen molar-refractivity contribution in [2.75, 3.05) is 12.3 Å². The van der Waals surface area contributed by atoms with Gasteiger partial charge < -0.3 is 15.4 Å². The van der Waals surface area contributed by atoms with E-state index >= 15 is 0 Å². The second-order valence-electron chi connectivity index (χ2n) is 6.90. The highest BCUT2D eigenvalue weighted by Crippen LogP contribution is 2.26. The quantitative estimate of drug-likeness (QED) is 0.715. The predicted octanol–water partition coefficient (Wildman–Crippen LogP) is 2.41. The molecule has 0 unspecified atom stereocenters. The molecule has 0 spiro atoms. The second-order valence-corrected chi connectivity index (χ2v) is 7.92. The molecule has 9 heteroatoms. The van der Waals surface area contributed by atoms with Crippen LogP contribution in [0.3, 0.4) is 0 Å². The minimum Gasteiger partial charge on any atom is -0.444 e. The van der Waals surface area contributed by atoms with Gasteiger partial charge in [0.1, 0.15) is 21.4 Å². The van der Waals surface area contributed by atoms with E-state index in [0.29, 0.717) is 24.6 Å². The number of hydrogen-bond acceptors (Lipinski definition) is 6. The van der Waals surface area contributed by atoms with E-state index in [9.17, 15) is 4.79 Å². The Morgan fingerprint density at radius 1 is 1.46 bits per heavy atom. The number of nitrogen functional groups attached to an aromatic ring is 1. The molecule has 1 aliphatic heterocycles. The lowest BCUT2D eigenvalue weighted by Crippen LogP contribution is -2.41. The van der Waals surface area contributed by atoms with Crippen LogP contribution in [0.15, 0.2) is 6.33 Å². The van der Waals surface area contributed by atoms with Gasteiger partial charge in [0.2, 0.25) is 0 Å². The highest BCUT2D eigenvalue weighted by molar-refractivity contribution is 14.1. The van der Waals surface area contributed by atoms with E-state index in [-0.39, 0.29) is 12.1 Å². The topological polar surface area (TPSA) is 99.2 Å². The molecule has 1 saturated heterocycles. The van der Waals surface area contributed by atoms with Gasteiger partial charge in [0.15, 0.2) is 5.65 Å². The van der Waals surface area contributed by atoms with Crippen molar-refractivity contribution in [3.63, 3.8) is 0 Å². The van der Waals surface area contributed by atoms with E-state index in [1.165, 1.54) is 6.33 Å². The highest BCUT2D eigenvalue weighted by atomic mass is 127. The number of anilines is 1. The number of aromatic nitrogens is 4. The number of carbonyl (C=O) groups is 1. The number of ether oxygens (including phenoxy) is 1. The van der Waals surface area contributed by atoms with Crippen LogP contribution in [0.25, 0.3) is 11.0 Å². The molecular weight excluding hydrogens is 423 g/mol. The van der Waals surface area contributed by atoms with Crippen LogP contribution in [0.2, 0.25) is 0 Å². The Bertz CT molecular complexity index is 769. The summed E-state index contributed by atoms with van der Waals surface area (Å²) in [6, 6.07) is 0.0370. The Balaban J connectivity index is 1.83. The smallest absolute Gasteiger partial charge is 0.410 e. The highest BCUT2D eigenvalue weighted by Gasteiger charge is 2.33. The lowest BCUT2D eigenvalue weighted by Gasteiger charge is -2.28. The molecule has 0 aliphatic carbocycles. The Kier molecular flexibility index (Phi) is 4.54. The summed E-state index contributed by atoms with van der Waals surface area (Å²) in [7, 11) is 0. The van der Waals surface area contributed by atoms with Crippen molar-refractivity contribution in [3.8, 4) is 0 Å². The van der Waals surface area contributed by atoms with Crippen LogP contribution in [0.4, 0.5) is 10.6 Å². The first-order chi connectivity index (χ1) is 11.3. The molecule has 1 fully saturated rings. The van der Waals surface area contributed by atoms with Gasteiger partial charge in [0, 0.05) is 6.54 Å². The zero-order chi connectivity index (χ0) is 17.5. The number of nitrogens with two attached hydrogens (primary N) is 1. The summed E-state index contributed by atoms with van der Waals surface area (Å²) in [6.07, 6.45) is 3.03. The fourth-order valence-corrected chi connectivity index (χ4v) is 3.68. The molecule has 1 amide bonds. The van der Waals surface area contributed by atoms with E-state index in [0.717, 1.165) is 21.9 Å². The fraction of sp³-hybridized carbons (Fsp3) is 0.600. The van der Waals surface area contributed by atoms with E-state index in [2.05, 4.69) is 37.7 Å². The maximum atomic E-state index is 12.4. The largest absolute Gasteiger partial charge is 0.444 e. The summed E-state index contributed by atoms with van der Waals surface area (Å²) in [4.78, 5) is 22.5. The molecule has 1 atom stereocenters. The maximum Gasteiger partial charge on any atom is 0.410 e. The van der Waals surface area contributed by atoms with Crippen LogP contribution in [-0.2, 0) is 11.3 Å². The summed E-state index contributed by atoms with van der Waals surface area (Å²) in [5.74, 6) is 0.422. The molecule has 0 bridgehead atoms. The minimum absolute atomic E-state index is 0.0370. The van der Waals surface area contributed by atoms with Crippen molar-refractivity contribution >= 4 is 45.5 Å². The lowest BCUT2D eigenvalue weighted by molar-refractivity contribution is 0.0212. The molecule has 3 heterocycles. The van der Waals surface area contributed by atoms with Gasteiger partial charge in [-0.2, -0.15) is 5.10 Å². The monoisotopic (exact) mass is 444 g/mol. The summed E-state index contributed by atoms with van der Waals surface area (Å²) in [5, 5.41) is 5.29. The van der Waals surface area contributed by atoms with Crippen molar-refractivity contribution in [1.82, 2.24) is 24.6 Å². The number of likely N-dealkylation sites (tertiary alicyclic amines) is 1. The van der Waals surface area contributed by atoms with Crippen LogP contribution in [0.5, 0.6) is 0 Å². The van der Waals surface area contributed by atoms with Gasteiger partial charge in [-0.1, -0.05) is 0 Å². The average Bonchev–Trinajstić information content (AvgIpc) is 3.04. The summed E-state index contributed by atoms with van der Waals surface area (Å²) in [5.41, 5.74) is 6.13. The Morgan fingerprint density at radius 3 is 2.92 bits per heavy atom. The van der Waals surface area contributed by atoms with Crippen molar-refractivity contribution in [2.45, 2.75) is 51.8 Å². The van der Waals surface area contributed by atoms with Crippen LogP contribution >= 0.6 is 22.6 Å². The molecule has 0 radical (unpaired) electrons. The van der Waals surface area contributed by atoms with Gasteiger partial charge in [0.25, 0.3) is 0 Å². The lowest BCUT2D eigenvalue weighted by atomic mass is 10.2. The molecular formula is C15H21IN6O2. The van der Waals surface area contributed by atoms with Crippen LogP contribution in [-0.4, -0.2) is 48.9 Å². The number of nitrogens with zero attached hydrogens (tertiary/aromatic N) is 5. The van der Waals surface area contributed by atoms with Gasteiger partial charge in [0.05, 0.1) is 18.0 Å². The molecule has 2 N–H and O–H groups in total. The van der Waals surface area contributed by atoms with E-state index in [1.54, 1.807) is 4.90 Å². The number of carbonyl (C=O) groups excluding carboxylic acids is 1. The van der Waals surface area contributed by atoms with E-state index < -0.39 is 5.60 Å². The Hall–Kier alpha value is -1.65. The first-order valence-electron chi connectivity index (χ1n) is 7.88. The predicted molar refractivity (Wildman–Crippen MR) is 98.4 cm³/mol. The standard InChI is InChI=1S/C15H21IN6O2/c1-15(2,3)24-14(23)21-6-4-5-9(21)7-22-13-10(11(16)20-22)12(17)18-8-19-13/h8-9H,4-7H2,1-3H3,(H2,17,18,19)/t9-/m1/s1. The number of rotatable bonds is 2. The first kappa shape index (κ1) is 17.2. The molecule has 3 rings (SSSR count). The summed E-state index contributed by atoms with van der Waals surface area (Å²) in [6.45, 7) is 6.89. The zero-order valence-corrected chi connectivity index (χ0v) is 16.1. The van der Waals surface area contributed by atoms with E-state index in [1.807, 2.05) is 25.5 Å². The molecule has 1 aliphatic rings. The Labute approximate surface area is 153 Å². The molecule has 24 heavy (non-hydrogen) atoms. The second kappa shape index (κ2) is 6.34. The third-order valence-electron chi connectivity index (χ3n) is 3.90. The average molecular weight is 444 g/mol. The molecule has 2 aromatic heterocycles. The summed E-state index contributed by atoms with van der Waals surface area (Å²) < 4.78 is 8.09. The Morgan fingerprint density at radius 2 is 2.21 bits per heavy atom. The molecule has 130 valence electrons. The van der Waals surface area contributed by atoms with Gasteiger partial charge in [-0.05, 0) is 56.2 Å². The van der Waals surface area contributed by atoms with Crippen molar-refractivity contribution in [1.29, 1.82) is 0 Å². The van der Waals surface area contributed by atoms with Gasteiger partial charge in [-0.3, -0.25) is 0 Å². The van der Waals surface area contributed by atoms with Crippen molar-refractivity contribution in [3.05, 3.63) is 10.0 Å². The third-order valence-corrected chi connectivity index (χ3v) is 4.66. The fourth-order valence-electron chi connectivity index (χ4n) is 2.90. The molecule has 2 aromatic rings. The zero-order valence-electron chi connectivity index (χ0n) is 14.0. The maximum absolute atomic E-state index is 12.4. The molecule has 0 aromatic carbocycles. The molecule has 0 saturated carbocycles. The minimum atomic E-state index is -0.500. The normalized spacial score (nSPS) is 18.3. The van der Waals surface area contributed by atoms with E-state index in [4.69, 9.17) is 10.5 Å². The summed E-state index contributed by atoms with van der Waals surface area (Å²) >= 11 is 2.13. The van der Waals surface area contributed by atoms with Crippen LogP contribution in [0.1, 0.15) is 33.6 Å². The number of amides is 1.